The summed E-state index contributed by atoms with van der Waals surface area (Å²) >= 11 is 4.37. The lowest BCUT2D eigenvalue weighted by atomic mass is 10.3. The molecular formula is C10H11N5O3S. The lowest BCUT2D eigenvalue weighted by Crippen LogP contribution is -2.07. The van der Waals surface area contributed by atoms with Gasteiger partial charge < -0.3 is 14.9 Å². The standard InChI is InChI=1S/C10H11N5O3S/c1-14-8(15(16)17)5-13-10(14)9(19)6-3-12-7(18-2)4-11-6/h3-5,9,19H,1-2H3. The van der Waals surface area contributed by atoms with Gasteiger partial charge in [0.25, 0.3) is 0 Å². The number of methoxy groups -OCH3 is 1. The Balaban J connectivity index is 2.32. The second-order valence-electron chi connectivity index (χ2n) is 3.68. The number of ether oxygens (including phenoxy) is 1. The van der Waals surface area contributed by atoms with E-state index in [0.29, 0.717) is 17.4 Å². The Morgan fingerprint density at radius 3 is 2.58 bits per heavy atom. The van der Waals surface area contributed by atoms with E-state index in [2.05, 4.69) is 27.6 Å². The highest BCUT2D eigenvalue weighted by molar-refractivity contribution is 7.80. The molecule has 9 heteroatoms. The fourth-order valence-electron chi connectivity index (χ4n) is 1.54. The van der Waals surface area contributed by atoms with Gasteiger partial charge in [-0.15, -0.1) is 0 Å². The Kier molecular flexibility index (Phi) is 3.65. The lowest BCUT2D eigenvalue weighted by molar-refractivity contribution is -0.391. The molecule has 2 aromatic rings. The maximum Gasteiger partial charge on any atom is 0.342 e. The van der Waals surface area contributed by atoms with Gasteiger partial charge >= 0.3 is 5.82 Å². The Morgan fingerprint density at radius 1 is 1.37 bits per heavy atom. The second kappa shape index (κ2) is 5.22. The summed E-state index contributed by atoms with van der Waals surface area (Å²) in [5.74, 6) is 0.708. The van der Waals surface area contributed by atoms with Gasteiger partial charge in [-0.05, 0) is 4.92 Å². The largest absolute Gasteiger partial charge is 0.480 e. The molecule has 0 saturated carbocycles. The third-order valence-electron chi connectivity index (χ3n) is 2.57. The van der Waals surface area contributed by atoms with Gasteiger partial charge in [-0.1, -0.05) is 0 Å². The molecule has 0 aliphatic carbocycles. The van der Waals surface area contributed by atoms with Crippen molar-refractivity contribution in [3.63, 3.8) is 0 Å². The molecule has 0 fully saturated rings. The predicted octanol–water partition coefficient (Wildman–Crippen LogP) is 1.15. The minimum atomic E-state index is -0.503. The molecule has 0 radical (unpaired) electrons. The average molecular weight is 281 g/mol. The maximum atomic E-state index is 10.8. The Morgan fingerprint density at radius 2 is 2.11 bits per heavy atom. The summed E-state index contributed by atoms with van der Waals surface area (Å²) in [6.45, 7) is 0. The van der Waals surface area contributed by atoms with Gasteiger partial charge in [-0.2, -0.15) is 12.6 Å². The Bertz CT molecular complexity index is 598. The smallest absolute Gasteiger partial charge is 0.342 e. The number of hydrogen-bond donors (Lipinski definition) is 1. The average Bonchev–Trinajstić information content (AvgIpc) is 2.80. The van der Waals surface area contributed by atoms with Gasteiger partial charge in [0.1, 0.15) is 11.4 Å². The summed E-state index contributed by atoms with van der Waals surface area (Å²) in [4.78, 5) is 22.4. The van der Waals surface area contributed by atoms with Crippen molar-refractivity contribution in [2.45, 2.75) is 5.25 Å². The van der Waals surface area contributed by atoms with Gasteiger partial charge in [-0.3, -0.25) is 4.98 Å². The molecule has 0 saturated heterocycles. The normalized spacial score (nSPS) is 12.2. The zero-order valence-corrected chi connectivity index (χ0v) is 11.1. The third-order valence-corrected chi connectivity index (χ3v) is 3.06. The summed E-state index contributed by atoms with van der Waals surface area (Å²) < 4.78 is 6.27. The Labute approximate surface area is 114 Å². The second-order valence-corrected chi connectivity index (χ2v) is 4.19. The quantitative estimate of drug-likeness (QED) is 0.513. The molecule has 0 aliphatic rings. The number of hydrogen-bond acceptors (Lipinski definition) is 7. The first kappa shape index (κ1) is 13.3. The van der Waals surface area contributed by atoms with Crippen molar-refractivity contribution in [1.82, 2.24) is 19.5 Å². The van der Waals surface area contributed by atoms with Crippen LogP contribution in [-0.2, 0) is 7.05 Å². The third kappa shape index (κ3) is 2.50. The highest BCUT2D eigenvalue weighted by Crippen LogP contribution is 2.27. The minimum Gasteiger partial charge on any atom is -0.480 e. The number of rotatable bonds is 4. The number of nitrogens with zero attached hydrogens (tertiary/aromatic N) is 5. The van der Waals surface area contributed by atoms with Crippen LogP contribution in [0.4, 0.5) is 5.82 Å². The molecule has 1 atom stereocenters. The van der Waals surface area contributed by atoms with E-state index in [1.165, 1.54) is 30.3 Å². The van der Waals surface area contributed by atoms with E-state index in [-0.39, 0.29) is 5.82 Å². The van der Waals surface area contributed by atoms with Crippen LogP contribution in [0.15, 0.2) is 18.6 Å². The number of nitro groups is 1. The first-order valence-electron chi connectivity index (χ1n) is 5.24. The zero-order chi connectivity index (χ0) is 14.0. The van der Waals surface area contributed by atoms with E-state index >= 15 is 0 Å². The molecule has 0 aromatic carbocycles. The van der Waals surface area contributed by atoms with Crippen LogP contribution in [0.5, 0.6) is 5.88 Å². The van der Waals surface area contributed by atoms with Crippen LogP contribution in [0, 0.1) is 10.1 Å². The van der Waals surface area contributed by atoms with Gasteiger partial charge in [0, 0.05) is 0 Å². The molecule has 0 amide bonds. The van der Waals surface area contributed by atoms with Gasteiger partial charge in [0.15, 0.2) is 0 Å². The number of thiol groups is 1. The van der Waals surface area contributed by atoms with Crippen LogP contribution >= 0.6 is 12.6 Å². The van der Waals surface area contributed by atoms with Gasteiger partial charge in [-0.25, -0.2) is 14.5 Å². The summed E-state index contributed by atoms with van der Waals surface area (Å²) in [5, 5.41) is 10.3. The van der Waals surface area contributed by atoms with E-state index in [4.69, 9.17) is 4.74 Å². The van der Waals surface area contributed by atoms with Crippen LogP contribution in [-0.4, -0.2) is 31.6 Å². The van der Waals surface area contributed by atoms with Crippen LogP contribution < -0.4 is 4.74 Å². The highest BCUT2D eigenvalue weighted by Gasteiger charge is 2.24. The molecule has 2 rings (SSSR count). The summed E-state index contributed by atoms with van der Waals surface area (Å²) in [6, 6.07) is 0. The highest BCUT2D eigenvalue weighted by atomic mass is 32.1. The van der Waals surface area contributed by atoms with Crippen molar-refractivity contribution in [2.24, 2.45) is 7.05 Å². The molecule has 1 unspecified atom stereocenters. The minimum absolute atomic E-state index is 0.101. The van der Waals surface area contributed by atoms with Crippen molar-refractivity contribution in [3.8, 4) is 5.88 Å². The van der Waals surface area contributed by atoms with Crippen LogP contribution in [0.25, 0.3) is 0 Å². The molecule has 2 aromatic heterocycles. The van der Waals surface area contributed by atoms with Crippen LogP contribution in [0.3, 0.4) is 0 Å². The molecule has 2 heterocycles. The maximum absolute atomic E-state index is 10.8. The van der Waals surface area contributed by atoms with E-state index in [1.54, 1.807) is 7.05 Å². The van der Waals surface area contributed by atoms with Crippen molar-refractivity contribution >= 4 is 18.4 Å². The molecule has 19 heavy (non-hydrogen) atoms. The fourth-order valence-corrected chi connectivity index (χ4v) is 1.92. The van der Waals surface area contributed by atoms with Crippen molar-refractivity contribution in [1.29, 1.82) is 0 Å². The molecular weight excluding hydrogens is 270 g/mol. The molecule has 0 bridgehead atoms. The fraction of sp³-hybridized carbons (Fsp3) is 0.300. The van der Waals surface area contributed by atoms with E-state index < -0.39 is 10.2 Å². The zero-order valence-electron chi connectivity index (χ0n) is 10.2. The monoisotopic (exact) mass is 281 g/mol. The first-order chi connectivity index (χ1) is 9.04. The molecule has 0 aliphatic heterocycles. The number of imidazole rings is 1. The van der Waals surface area contributed by atoms with Crippen molar-refractivity contribution in [2.75, 3.05) is 7.11 Å². The van der Waals surface area contributed by atoms with Crippen molar-refractivity contribution in [3.05, 3.63) is 40.2 Å². The predicted molar refractivity (Wildman–Crippen MR) is 69.3 cm³/mol. The van der Waals surface area contributed by atoms with E-state index in [1.807, 2.05) is 0 Å². The van der Waals surface area contributed by atoms with Crippen molar-refractivity contribution < 1.29 is 9.66 Å². The summed E-state index contributed by atoms with van der Waals surface area (Å²) in [7, 11) is 3.05. The summed E-state index contributed by atoms with van der Waals surface area (Å²) in [6.07, 6.45) is 4.14. The molecule has 0 spiro atoms. The molecule has 100 valence electrons. The van der Waals surface area contributed by atoms with E-state index in [9.17, 15) is 10.1 Å². The van der Waals surface area contributed by atoms with Crippen LogP contribution in [0.2, 0.25) is 0 Å². The Hall–Kier alpha value is -2.16. The van der Waals surface area contributed by atoms with Gasteiger partial charge in [0.05, 0.1) is 32.2 Å². The van der Waals surface area contributed by atoms with Crippen LogP contribution in [0.1, 0.15) is 16.8 Å². The summed E-state index contributed by atoms with van der Waals surface area (Å²) in [5.41, 5.74) is 0.535. The molecule has 8 nitrogen and oxygen atoms in total. The first-order valence-corrected chi connectivity index (χ1v) is 5.76. The molecule has 0 N–H and O–H groups in total. The lowest BCUT2D eigenvalue weighted by Gasteiger charge is -2.07. The SMILES string of the molecule is COc1cnc(C(S)c2ncc([N+](=O)[O-])n2C)cn1. The number of aromatic nitrogens is 4. The topological polar surface area (TPSA) is 96.0 Å². The van der Waals surface area contributed by atoms with E-state index in [0.717, 1.165) is 0 Å². The van der Waals surface area contributed by atoms with Gasteiger partial charge in [0.2, 0.25) is 11.7 Å².